The lowest BCUT2D eigenvalue weighted by atomic mass is 9.96. The standard InChI is InChI=1S/C7H11N2/c1-2-7(9-4-1)3-5-8-6-7/h9H,1-4,6H2/q+1. The van der Waals surface area contributed by atoms with Gasteiger partial charge in [0.2, 0.25) is 0 Å². The van der Waals surface area contributed by atoms with Crippen molar-refractivity contribution in [3.63, 3.8) is 0 Å². The quantitative estimate of drug-likeness (QED) is 0.505. The van der Waals surface area contributed by atoms with Crippen LogP contribution in [0.3, 0.4) is 0 Å². The Morgan fingerprint density at radius 2 is 2.56 bits per heavy atom. The highest BCUT2D eigenvalue weighted by Gasteiger charge is 2.41. The second-order valence-corrected chi connectivity index (χ2v) is 2.96. The van der Waals surface area contributed by atoms with Crippen LogP contribution in [0, 0.1) is 6.07 Å². The maximum atomic E-state index is 4.11. The molecule has 2 heteroatoms. The molecular weight excluding hydrogens is 112 g/mol. The molecule has 2 aliphatic rings. The molecule has 1 atom stereocenters. The van der Waals surface area contributed by atoms with Gasteiger partial charge in [-0.1, -0.05) is 4.85 Å². The largest absolute Gasteiger partial charge is 0.304 e. The smallest absolute Gasteiger partial charge is 0.282 e. The van der Waals surface area contributed by atoms with Gasteiger partial charge in [0.05, 0.1) is 0 Å². The predicted octanol–water partition coefficient (Wildman–Crippen LogP) is 0.845. The molecule has 2 rings (SSSR count). The van der Waals surface area contributed by atoms with E-state index in [-0.39, 0.29) is 0 Å². The molecule has 48 valence electrons. The Kier molecular flexibility index (Phi) is 1.000. The summed E-state index contributed by atoms with van der Waals surface area (Å²) in [6.07, 6.45) is 3.65. The summed E-state index contributed by atoms with van der Waals surface area (Å²) in [5, 5.41) is 3.48. The molecule has 2 aliphatic heterocycles. The van der Waals surface area contributed by atoms with Crippen LogP contribution in [0.2, 0.25) is 0 Å². The maximum Gasteiger partial charge on any atom is 0.282 e. The topological polar surface area (TPSA) is 16.4 Å². The van der Waals surface area contributed by atoms with Crippen molar-refractivity contribution in [3.05, 3.63) is 4.85 Å². The maximum absolute atomic E-state index is 4.11. The van der Waals surface area contributed by atoms with Crippen molar-refractivity contribution in [1.29, 1.82) is 0 Å². The van der Waals surface area contributed by atoms with Gasteiger partial charge < -0.3 is 5.32 Å². The van der Waals surface area contributed by atoms with Crippen molar-refractivity contribution >= 4 is 0 Å². The monoisotopic (exact) mass is 123 g/mol. The van der Waals surface area contributed by atoms with Crippen molar-refractivity contribution in [2.24, 2.45) is 0 Å². The summed E-state index contributed by atoms with van der Waals surface area (Å²) in [6, 6.07) is 3.02. The van der Waals surface area contributed by atoms with Gasteiger partial charge in [-0.2, -0.15) is 0 Å². The first kappa shape index (κ1) is 5.25. The first-order valence-electron chi connectivity index (χ1n) is 3.56. The van der Waals surface area contributed by atoms with Crippen LogP contribution < -0.4 is 5.32 Å². The van der Waals surface area contributed by atoms with E-state index in [0.29, 0.717) is 5.54 Å². The predicted molar refractivity (Wildman–Crippen MR) is 36.7 cm³/mol. The van der Waals surface area contributed by atoms with Crippen LogP contribution in [0.1, 0.15) is 19.3 Å². The van der Waals surface area contributed by atoms with Gasteiger partial charge in [-0.3, -0.25) is 0 Å². The van der Waals surface area contributed by atoms with Crippen molar-refractivity contribution < 1.29 is 0 Å². The van der Waals surface area contributed by atoms with Crippen molar-refractivity contribution in [1.82, 2.24) is 5.32 Å². The number of nitrogens with one attached hydrogen (secondary N) is 1. The molecule has 0 amide bonds. The molecule has 9 heavy (non-hydrogen) atoms. The van der Waals surface area contributed by atoms with Gasteiger partial charge in [0.1, 0.15) is 12.0 Å². The summed E-state index contributed by atoms with van der Waals surface area (Å²) in [7, 11) is 0. The Hall–Kier alpha value is -0.550. The van der Waals surface area contributed by atoms with E-state index >= 15 is 0 Å². The fraction of sp³-hybridized carbons (Fsp3) is 0.857. The first-order chi connectivity index (χ1) is 4.41. The lowest BCUT2D eigenvalue weighted by Gasteiger charge is -2.13. The van der Waals surface area contributed by atoms with E-state index in [9.17, 15) is 0 Å². The van der Waals surface area contributed by atoms with Gasteiger partial charge in [-0.15, -0.1) is 0 Å². The molecule has 0 saturated carbocycles. The Morgan fingerprint density at radius 3 is 3.11 bits per heavy atom. The molecule has 1 saturated heterocycles. The van der Waals surface area contributed by atoms with E-state index < -0.39 is 0 Å². The number of rotatable bonds is 0. The summed E-state index contributed by atoms with van der Waals surface area (Å²) >= 11 is 0. The van der Waals surface area contributed by atoms with Gasteiger partial charge in [0, 0.05) is 0 Å². The van der Waals surface area contributed by atoms with Gasteiger partial charge in [0.25, 0.3) is 12.6 Å². The lowest BCUT2D eigenvalue weighted by molar-refractivity contribution is 0.429. The Morgan fingerprint density at radius 1 is 1.56 bits per heavy atom. The molecule has 1 fully saturated rings. The normalized spacial score (nSPS) is 39.1. The summed E-state index contributed by atoms with van der Waals surface area (Å²) in [5.41, 5.74) is 0.361. The zero-order valence-corrected chi connectivity index (χ0v) is 5.48. The molecule has 2 heterocycles. The molecule has 0 aliphatic carbocycles. The minimum atomic E-state index is 0.361. The lowest BCUT2D eigenvalue weighted by Crippen LogP contribution is -2.39. The van der Waals surface area contributed by atoms with E-state index in [4.69, 9.17) is 0 Å². The van der Waals surface area contributed by atoms with Crippen LogP contribution in [-0.4, -0.2) is 18.6 Å². The van der Waals surface area contributed by atoms with Gasteiger partial charge in [-0.05, 0) is 19.4 Å². The summed E-state index contributed by atoms with van der Waals surface area (Å²) in [4.78, 5) is 4.11. The molecule has 0 radical (unpaired) electrons. The van der Waals surface area contributed by atoms with Crippen LogP contribution >= 0.6 is 0 Å². The average molecular weight is 123 g/mol. The van der Waals surface area contributed by atoms with Gasteiger partial charge in [0.15, 0.2) is 0 Å². The fourth-order valence-electron chi connectivity index (χ4n) is 1.62. The fourth-order valence-corrected chi connectivity index (χ4v) is 1.62. The molecule has 1 spiro atoms. The summed E-state index contributed by atoms with van der Waals surface area (Å²) in [5.74, 6) is 0. The van der Waals surface area contributed by atoms with E-state index in [1.54, 1.807) is 0 Å². The van der Waals surface area contributed by atoms with E-state index in [1.165, 1.54) is 19.4 Å². The summed E-state index contributed by atoms with van der Waals surface area (Å²) in [6.45, 7) is 2.14. The third kappa shape index (κ3) is 0.727. The number of hydrogen-bond acceptors (Lipinski definition) is 1. The second kappa shape index (κ2) is 1.71. The molecule has 2 nitrogen and oxygen atoms in total. The van der Waals surface area contributed by atoms with E-state index in [2.05, 4.69) is 16.2 Å². The Labute approximate surface area is 55.1 Å². The third-order valence-electron chi connectivity index (χ3n) is 2.24. The summed E-state index contributed by atoms with van der Waals surface area (Å²) < 4.78 is 0. The zero-order chi connectivity index (χ0) is 6.16. The van der Waals surface area contributed by atoms with Gasteiger partial charge >= 0.3 is 0 Å². The van der Waals surface area contributed by atoms with Crippen LogP contribution in [0.25, 0.3) is 4.85 Å². The van der Waals surface area contributed by atoms with Crippen LogP contribution in [-0.2, 0) is 0 Å². The van der Waals surface area contributed by atoms with Crippen molar-refractivity contribution in [2.75, 3.05) is 13.1 Å². The first-order valence-corrected chi connectivity index (χ1v) is 3.56. The molecule has 1 N–H and O–H groups in total. The van der Waals surface area contributed by atoms with Crippen molar-refractivity contribution in [3.8, 4) is 6.07 Å². The van der Waals surface area contributed by atoms with Crippen LogP contribution in [0.4, 0.5) is 0 Å². The minimum absolute atomic E-state index is 0.361. The molecule has 0 bridgehead atoms. The molecule has 0 aromatic heterocycles. The molecular formula is C7H11N2+. The minimum Gasteiger partial charge on any atom is -0.304 e. The van der Waals surface area contributed by atoms with Crippen LogP contribution in [0.15, 0.2) is 0 Å². The van der Waals surface area contributed by atoms with Crippen LogP contribution in [0.5, 0.6) is 0 Å². The van der Waals surface area contributed by atoms with Crippen molar-refractivity contribution in [2.45, 2.75) is 24.8 Å². The Balaban J connectivity index is 2.08. The van der Waals surface area contributed by atoms with E-state index in [0.717, 1.165) is 13.0 Å². The SMILES string of the molecule is C1#[N+]CC2(C1)CCCN2. The highest BCUT2D eigenvalue weighted by molar-refractivity contribution is 5.13. The highest BCUT2D eigenvalue weighted by atomic mass is 15.0. The third-order valence-corrected chi connectivity index (χ3v) is 2.24. The Bertz CT molecular complexity index is 157. The number of nitrogens with zero attached hydrogens (tertiary/aromatic N) is 1. The molecule has 1 unspecified atom stereocenters. The van der Waals surface area contributed by atoms with Gasteiger partial charge in [-0.25, -0.2) is 0 Å². The van der Waals surface area contributed by atoms with E-state index in [1.807, 2.05) is 0 Å². The number of hydrogen-bond donors (Lipinski definition) is 1. The highest BCUT2D eigenvalue weighted by Crippen LogP contribution is 2.25. The second-order valence-electron chi connectivity index (χ2n) is 2.96. The average Bonchev–Trinajstić information content (AvgIpc) is 2.45. The molecule has 0 aromatic rings. The zero-order valence-electron chi connectivity index (χ0n) is 5.48. The molecule has 0 aromatic carbocycles.